The Labute approximate surface area is 305 Å². The molecule has 0 radical (unpaired) electrons. The number of hydrogen-bond acceptors (Lipinski definition) is 8. The summed E-state index contributed by atoms with van der Waals surface area (Å²) in [7, 11) is 1.29. The summed E-state index contributed by atoms with van der Waals surface area (Å²) in [6, 6.07) is 0. The van der Waals surface area contributed by atoms with E-state index in [1.807, 2.05) is 61.5 Å². The standard InChI is InChI=1S/C41H63ClO8/c1-23(2)28-20-31(43)26(5)12-10-11-24(3)18-32(44)29-19-27(6)37-30(41(29,22-33(28)45)38(48)49-9)17-25(4)13-14-35(47)40(8)16-15-36(50-40)39(7,42)21-34(37)46/h17,23-24,26,28-30,34-36,46-47H,10-16,18-22H2,1-9H3/b25-17-/t24-,26+,28+,29-,30+,34+,35+,36+,39-,40-,41+/m1/s1. The average molecular weight is 719 g/mol. The molecule has 4 rings (SSSR count). The van der Waals surface area contributed by atoms with Gasteiger partial charge in [-0.2, -0.15) is 0 Å². The molecule has 0 amide bonds. The number of alkyl halides is 1. The molecule has 2 aliphatic carbocycles. The molecule has 2 fully saturated rings. The minimum atomic E-state index is -1.66. The Bertz CT molecular complexity index is 1360. The van der Waals surface area contributed by atoms with Crippen molar-refractivity contribution in [2.24, 2.45) is 40.9 Å². The first-order chi connectivity index (χ1) is 23.3. The molecular formula is C41H63ClO8. The zero-order valence-corrected chi connectivity index (χ0v) is 32.7. The number of ketones is 3. The Kier molecular flexibility index (Phi) is 13.1. The number of hydrogen-bond donors (Lipinski definition) is 2. The van der Waals surface area contributed by atoms with E-state index in [2.05, 4.69) is 0 Å². The van der Waals surface area contributed by atoms with Crippen LogP contribution in [0.1, 0.15) is 132 Å². The highest BCUT2D eigenvalue weighted by molar-refractivity contribution is 6.24. The summed E-state index contributed by atoms with van der Waals surface area (Å²) < 4.78 is 12.1. The van der Waals surface area contributed by atoms with Gasteiger partial charge in [0.25, 0.3) is 0 Å². The highest BCUT2D eigenvalue weighted by atomic mass is 35.5. The number of aliphatic hydroxyl groups is 2. The topological polar surface area (TPSA) is 127 Å². The van der Waals surface area contributed by atoms with Crippen LogP contribution < -0.4 is 0 Å². The number of esters is 1. The molecule has 0 unspecified atom stereocenters. The average Bonchev–Trinajstić information content (AvgIpc) is 3.45. The molecule has 11 atom stereocenters. The number of halogens is 1. The van der Waals surface area contributed by atoms with Gasteiger partial charge < -0.3 is 19.7 Å². The van der Waals surface area contributed by atoms with E-state index in [0.29, 0.717) is 37.7 Å². The van der Waals surface area contributed by atoms with E-state index in [1.165, 1.54) is 7.11 Å². The molecule has 2 bridgehead atoms. The fourth-order valence-corrected chi connectivity index (χ4v) is 9.83. The number of methoxy groups -OCH3 is 1. The van der Waals surface area contributed by atoms with Crippen molar-refractivity contribution in [1.82, 2.24) is 0 Å². The van der Waals surface area contributed by atoms with Crippen LogP contribution in [0.5, 0.6) is 0 Å². The van der Waals surface area contributed by atoms with E-state index in [-0.39, 0.29) is 67.2 Å². The second-order valence-electron chi connectivity index (χ2n) is 17.3. The fourth-order valence-electron chi connectivity index (χ4n) is 9.53. The molecule has 2 aliphatic heterocycles. The van der Waals surface area contributed by atoms with Crippen molar-refractivity contribution in [3.05, 3.63) is 22.8 Å². The molecule has 50 heavy (non-hydrogen) atoms. The van der Waals surface area contributed by atoms with Crippen LogP contribution in [-0.4, -0.2) is 69.4 Å². The molecule has 4 aliphatic rings. The summed E-state index contributed by atoms with van der Waals surface area (Å²) in [5.74, 6) is -3.69. The maximum Gasteiger partial charge on any atom is 0.313 e. The summed E-state index contributed by atoms with van der Waals surface area (Å²) in [4.78, 5) is 56.5. The third kappa shape index (κ3) is 8.34. The highest BCUT2D eigenvalue weighted by Gasteiger charge is 2.60. The molecule has 1 saturated heterocycles. The van der Waals surface area contributed by atoms with Crippen molar-refractivity contribution in [2.45, 2.75) is 161 Å². The van der Waals surface area contributed by atoms with E-state index in [9.17, 15) is 29.4 Å². The number of fused-ring (bicyclic) bond motifs is 5. The van der Waals surface area contributed by atoms with Gasteiger partial charge in [-0.3, -0.25) is 19.2 Å². The smallest absolute Gasteiger partial charge is 0.313 e. The molecular weight excluding hydrogens is 656 g/mol. The van der Waals surface area contributed by atoms with Crippen LogP contribution in [0, 0.1) is 40.9 Å². The van der Waals surface area contributed by atoms with Gasteiger partial charge in [0.1, 0.15) is 17.3 Å². The van der Waals surface area contributed by atoms with Crippen LogP contribution in [0.25, 0.3) is 0 Å². The Hall–Kier alpha value is -1.87. The lowest BCUT2D eigenvalue weighted by atomic mass is 9.52. The van der Waals surface area contributed by atoms with E-state index >= 15 is 0 Å². The first-order valence-electron chi connectivity index (χ1n) is 19.0. The van der Waals surface area contributed by atoms with Crippen LogP contribution >= 0.6 is 11.6 Å². The number of allylic oxidation sites excluding steroid dienone is 3. The van der Waals surface area contributed by atoms with Gasteiger partial charge in [-0.15, -0.1) is 11.6 Å². The van der Waals surface area contributed by atoms with Crippen molar-refractivity contribution in [3.63, 3.8) is 0 Å². The maximum absolute atomic E-state index is 14.7. The monoisotopic (exact) mass is 718 g/mol. The lowest BCUT2D eigenvalue weighted by Gasteiger charge is -2.49. The predicted octanol–water partition coefficient (Wildman–Crippen LogP) is 7.49. The first-order valence-corrected chi connectivity index (χ1v) is 19.4. The van der Waals surface area contributed by atoms with Gasteiger partial charge in [0.05, 0.1) is 41.3 Å². The van der Waals surface area contributed by atoms with Crippen molar-refractivity contribution >= 4 is 34.9 Å². The van der Waals surface area contributed by atoms with Crippen LogP contribution in [0.4, 0.5) is 0 Å². The van der Waals surface area contributed by atoms with Crippen LogP contribution in [0.15, 0.2) is 22.8 Å². The predicted molar refractivity (Wildman–Crippen MR) is 195 cm³/mol. The Morgan fingerprint density at radius 2 is 1.66 bits per heavy atom. The van der Waals surface area contributed by atoms with E-state index in [1.54, 1.807) is 0 Å². The lowest BCUT2D eigenvalue weighted by molar-refractivity contribution is -0.166. The van der Waals surface area contributed by atoms with E-state index < -0.39 is 57.9 Å². The molecule has 2 heterocycles. The number of ether oxygens (including phenoxy) is 2. The molecule has 8 nitrogen and oxygen atoms in total. The number of carbonyl (C=O) groups is 4. The minimum Gasteiger partial charge on any atom is -0.469 e. The zero-order valence-electron chi connectivity index (χ0n) is 32.0. The Morgan fingerprint density at radius 1 is 0.980 bits per heavy atom. The second kappa shape index (κ2) is 16.0. The molecule has 2 N–H and O–H groups in total. The fraction of sp³-hybridized carbons (Fsp3) is 0.805. The van der Waals surface area contributed by atoms with Gasteiger partial charge >= 0.3 is 5.97 Å². The molecule has 282 valence electrons. The third-order valence-electron chi connectivity index (χ3n) is 12.9. The van der Waals surface area contributed by atoms with Gasteiger partial charge in [0.2, 0.25) is 0 Å². The van der Waals surface area contributed by atoms with Gasteiger partial charge in [-0.25, -0.2) is 0 Å². The molecule has 0 spiro atoms. The normalized spacial score (nSPS) is 42.7. The minimum absolute atomic E-state index is 0.0195. The summed E-state index contributed by atoms with van der Waals surface area (Å²) in [6.45, 7) is 15.4. The number of rotatable bonds is 2. The van der Waals surface area contributed by atoms with Crippen LogP contribution in [-0.2, 0) is 28.7 Å². The number of Topliss-reactive ketones (excluding diaryl/α,β-unsaturated/α-hetero) is 3. The number of aliphatic hydroxyl groups excluding tert-OH is 2. The largest absolute Gasteiger partial charge is 0.469 e. The van der Waals surface area contributed by atoms with Crippen LogP contribution in [0.3, 0.4) is 0 Å². The maximum atomic E-state index is 14.7. The first kappa shape index (κ1) is 40.9. The van der Waals surface area contributed by atoms with Gasteiger partial charge in [-0.1, -0.05) is 57.8 Å². The van der Waals surface area contributed by atoms with Crippen molar-refractivity contribution in [1.29, 1.82) is 0 Å². The molecule has 0 aromatic carbocycles. The summed E-state index contributed by atoms with van der Waals surface area (Å²) >= 11 is 7.23. The third-order valence-corrected chi connectivity index (χ3v) is 13.3. The summed E-state index contributed by atoms with van der Waals surface area (Å²) in [6.07, 6.45) is 4.35. The van der Waals surface area contributed by atoms with Gasteiger partial charge in [0.15, 0.2) is 0 Å². The van der Waals surface area contributed by atoms with E-state index in [0.717, 1.165) is 24.0 Å². The summed E-state index contributed by atoms with van der Waals surface area (Å²) in [5.41, 5.74) is -0.205. The Balaban J connectivity index is 1.98. The molecule has 9 heteroatoms. The zero-order chi connectivity index (χ0) is 37.3. The SMILES string of the molecule is COC(=O)[C@@]12CC(=O)[C@H](C(C)C)CC(=O)[C@@H](C)CCC[C@@H](C)CC(=O)[C@H]1CC(C)=C1[C@@H](O)C[C@@](C)(Cl)[C@@H]3CC[C@@](C)(O3)[C@@H](O)CC/C(C)=C\[C@@H]12. The van der Waals surface area contributed by atoms with Gasteiger partial charge in [-0.05, 0) is 90.0 Å². The van der Waals surface area contributed by atoms with Crippen molar-refractivity contribution in [2.75, 3.05) is 7.11 Å². The second-order valence-corrected chi connectivity index (χ2v) is 18.2. The van der Waals surface area contributed by atoms with Crippen molar-refractivity contribution in [3.8, 4) is 0 Å². The Morgan fingerprint density at radius 3 is 2.30 bits per heavy atom. The highest BCUT2D eigenvalue weighted by Crippen LogP contribution is 2.56. The summed E-state index contributed by atoms with van der Waals surface area (Å²) in [5, 5.41) is 23.6. The lowest BCUT2D eigenvalue weighted by Crippen LogP contribution is -2.55. The number of carbonyl (C=O) groups excluding carboxylic acids is 4. The molecule has 0 aromatic rings. The van der Waals surface area contributed by atoms with E-state index in [4.69, 9.17) is 21.1 Å². The quantitative estimate of drug-likeness (QED) is 0.171. The molecule has 0 aromatic heterocycles. The van der Waals surface area contributed by atoms with Crippen LogP contribution in [0.2, 0.25) is 0 Å². The van der Waals surface area contributed by atoms with Crippen molar-refractivity contribution < 1.29 is 38.9 Å². The van der Waals surface area contributed by atoms with Gasteiger partial charge in [0, 0.05) is 42.9 Å². The molecule has 1 saturated carbocycles.